The van der Waals surface area contributed by atoms with Crippen LogP contribution in [0.3, 0.4) is 0 Å². The smallest absolute Gasteiger partial charge is 0.122 e. The van der Waals surface area contributed by atoms with Crippen LogP contribution in [0.25, 0.3) is 0 Å². The summed E-state index contributed by atoms with van der Waals surface area (Å²) in [6, 6.07) is 6.84. The Morgan fingerprint density at radius 2 is 2.32 bits per heavy atom. The summed E-state index contributed by atoms with van der Waals surface area (Å²) >= 11 is 6.74. The Morgan fingerprint density at radius 3 is 2.95 bits per heavy atom. The van der Waals surface area contributed by atoms with Crippen LogP contribution in [0.5, 0.6) is 0 Å². The number of anilines is 1. The van der Waals surface area contributed by atoms with Crippen LogP contribution >= 0.6 is 23.6 Å². The highest BCUT2D eigenvalue weighted by atomic mass is 32.1. The SMILES string of the molecule is NC(=S)c1cc(N(Cc2ccsc2)C2CC2)ccn1. The molecule has 19 heavy (non-hydrogen) atoms. The standard InChI is InChI=1S/C14H15N3S2/c15-14(18)13-7-12(3-5-16-13)17(11-1-2-11)8-10-4-6-19-9-10/h3-7,9,11H,1-2,8H2,(H2,15,18). The summed E-state index contributed by atoms with van der Waals surface area (Å²) in [7, 11) is 0. The minimum atomic E-state index is 0.355. The van der Waals surface area contributed by atoms with E-state index in [1.54, 1.807) is 17.5 Å². The molecule has 5 heteroatoms. The lowest BCUT2D eigenvalue weighted by atomic mass is 10.2. The maximum absolute atomic E-state index is 5.66. The molecule has 2 heterocycles. The molecule has 0 saturated heterocycles. The van der Waals surface area contributed by atoms with Crippen LogP contribution in [-0.2, 0) is 6.54 Å². The van der Waals surface area contributed by atoms with Crippen molar-refractivity contribution >= 4 is 34.2 Å². The fraction of sp³-hybridized carbons (Fsp3) is 0.286. The molecule has 1 aliphatic rings. The van der Waals surface area contributed by atoms with E-state index in [2.05, 4.69) is 26.7 Å². The van der Waals surface area contributed by atoms with Crippen molar-refractivity contribution in [2.75, 3.05) is 4.90 Å². The summed E-state index contributed by atoms with van der Waals surface area (Å²) in [4.78, 5) is 6.98. The van der Waals surface area contributed by atoms with E-state index < -0.39 is 0 Å². The first-order valence-electron chi connectivity index (χ1n) is 6.27. The lowest BCUT2D eigenvalue weighted by molar-refractivity contribution is 0.795. The molecule has 0 amide bonds. The average Bonchev–Trinajstić information content (AvgIpc) is 3.13. The van der Waals surface area contributed by atoms with E-state index in [9.17, 15) is 0 Å². The van der Waals surface area contributed by atoms with Gasteiger partial charge in [-0.2, -0.15) is 11.3 Å². The molecule has 2 aromatic heterocycles. The third-order valence-electron chi connectivity index (χ3n) is 3.25. The third kappa shape index (κ3) is 2.93. The Hall–Kier alpha value is -1.46. The number of hydrogen-bond donors (Lipinski definition) is 1. The topological polar surface area (TPSA) is 42.1 Å². The molecule has 0 bridgehead atoms. The van der Waals surface area contributed by atoms with E-state index in [0.717, 1.165) is 12.2 Å². The number of aromatic nitrogens is 1. The Labute approximate surface area is 122 Å². The minimum absolute atomic E-state index is 0.355. The molecular formula is C14H15N3S2. The quantitative estimate of drug-likeness (QED) is 0.859. The second-order valence-electron chi connectivity index (χ2n) is 4.75. The molecule has 0 spiro atoms. The third-order valence-corrected chi connectivity index (χ3v) is 4.19. The van der Waals surface area contributed by atoms with E-state index in [1.807, 2.05) is 12.1 Å². The fourth-order valence-corrected chi connectivity index (χ4v) is 2.90. The normalized spacial score (nSPS) is 14.3. The zero-order valence-corrected chi connectivity index (χ0v) is 12.1. The minimum Gasteiger partial charge on any atom is -0.388 e. The van der Waals surface area contributed by atoms with Gasteiger partial charge in [0.1, 0.15) is 4.99 Å². The fourth-order valence-electron chi connectivity index (χ4n) is 2.13. The van der Waals surface area contributed by atoms with Crippen LogP contribution in [0.15, 0.2) is 35.2 Å². The average molecular weight is 289 g/mol. The predicted octanol–water partition coefficient (Wildman–Crippen LogP) is 2.95. The highest BCUT2D eigenvalue weighted by Crippen LogP contribution is 2.33. The molecule has 0 aromatic carbocycles. The maximum atomic E-state index is 5.66. The van der Waals surface area contributed by atoms with Crippen LogP contribution < -0.4 is 10.6 Å². The Bertz CT molecular complexity index is 576. The van der Waals surface area contributed by atoms with Crippen molar-refractivity contribution in [3.8, 4) is 0 Å². The lowest BCUT2D eigenvalue weighted by Gasteiger charge is -2.24. The van der Waals surface area contributed by atoms with Gasteiger partial charge >= 0.3 is 0 Å². The van der Waals surface area contributed by atoms with Crippen LogP contribution in [0.1, 0.15) is 24.1 Å². The van der Waals surface area contributed by atoms with Crippen molar-refractivity contribution in [1.29, 1.82) is 0 Å². The van der Waals surface area contributed by atoms with Crippen molar-refractivity contribution < 1.29 is 0 Å². The van der Waals surface area contributed by atoms with Crippen LogP contribution in [-0.4, -0.2) is 16.0 Å². The van der Waals surface area contributed by atoms with E-state index in [1.165, 1.54) is 18.4 Å². The van der Waals surface area contributed by atoms with Crippen molar-refractivity contribution in [1.82, 2.24) is 4.98 Å². The van der Waals surface area contributed by atoms with Gasteiger partial charge < -0.3 is 10.6 Å². The number of rotatable bonds is 5. The lowest BCUT2D eigenvalue weighted by Crippen LogP contribution is -2.25. The first kappa shape index (κ1) is 12.6. The number of thiophene rings is 1. The molecule has 3 nitrogen and oxygen atoms in total. The number of thiocarbonyl (C=S) groups is 1. The van der Waals surface area contributed by atoms with Gasteiger partial charge in [-0.3, -0.25) is 4.98 Å². The second-order valence-corrected chi connectivity index (χ2v) is 5.97. The molecule has 2 N–H and O–H groups in total. The van der Waals surface area contributed by atoms with Gasteiger partial charge in [0.25, 0.3) is 0 Å². The molecule has 1 fully saturated rings. The summed E-state index contributed by atoms with van der Waals surface area (Å²) in [6.45, 7) is 0.939. The Kier molecular flexibility index (Phi) is 3.48. The van der Waals surface area contributed by atoms with Crippen molar-refractivity contribution in [3.05, 3.63) is 46.4 Å². The second kappa shape index (κ2) is 5.27. The molecule has 0 radical (unpaired) electrons. The van der Waals surface area contributed by atoms with Crippen molar-refractivity contribution in [3.63, 3.8) is 0 Å². The molecule has 2 aromatic rings. The molecular weight excluding hydrogens is 274 g/mol. The van der Waals surface area contributed by atoms with E-state index in [0.29, 0.717) is 16.7 Å². The summed E-state index contributed by atoms with van der Waals surface area (Å²) in [5, 5.41) is 4.32. The molecule has 1 saturated carbocycles. The van der Waals surface area contributed by atoms with Crippen molar-refractivity contribution in [2.45, 2.75) is 25.4 Å². The molecule has 0 aliphatic heterocycles. The van der Waals surface area contributed by atoms with Crippen LogP contribution in [0.4, 0.5) is 5.69 Å². The van der Waals surface area contributed by atoms with E-state index in [4.69, 9.17) is 18.0 Å². The summed E-state index contributed by atoms with van der Waals surface area (Å²) < 4.78 is 0. The van der Waals surface area contributed by atoms with Gasteiger partial charge in [0.2, 0.25) is 0 Å². The number of hydrogen-bond acceptors (Lipinski definition) is 4. The largest absolute Gasteiger partial charge is 0.388 e. The monoisotopic (exact) mass is 289 g/mol. The van der Waals surface area contributed by atoms with E-state index in [-0.39, 0.29) is 0 Å². The van der Waals surface area contributed by atoms with Crippen LogP contribution in [0, 0.1) is 0 Å². The molecule has 98 valence electrons. The van der Waals surface area contributed by atoms with Crippen molar-refractivity contribution in [2.24, 2.45) is 5.73 Å². The van der Waals surface area contributed by atoms with Gasteiger partial charge in [-0.25, -0.2) is 0 Å². The highest BCUT2D eigenvalue weighted by molar-refractivity contribution is 7.80. The summed E-state index contributed by atoms with van der Waals surface area (Å²) in [5.74, 6) is 0. The first-order chi connectivity index (χ1) is 9.24. The molecule has 3 rings (SSSR count). The van der Waals surface area contributed by atoms with Gasteiger partial charge in [0, 0.05) is 24.5 Å². The number of pyridine rings is 1. The maximum Gasteiger partial charge on any atom is 0.122 e. The summed E-state index contributed by atoms with van der Waals surface area (Å²) in [5.41, 5.74) is 8.87. The zero-order valence-electron chi connectivity index (χ0n) is 10.5. The molecule has 1 aliphatic carbocycles. The van der Waals surface area contributed by atoms with Gasteiger partial charge in [-0.05, 0) is 47.4 Å². The Balaban J connectivity index is 1.87. The van der Waals surface area contributed by atoms with E-state index >= 15 is 0 Å². The van der Waals surface area contributed by atoms with Gasteiger partial charge in [-0.1, -0.05) is 12.2 Å². The molecule has 0 atom stereocenters. The number of nitrogens with zero attached hydrogens (tertiary/aromatic N) is 2. The Morgan fingerprint density at radius 1 is 1.47 bits per heavy atom. The van der Waals surface area contributed by atoms with Crippen LogP contribution in [0.2, 0.25) is 0 Å². The molecule has 0 unspecified atom stereocenters. The summed E-state index contributed by atoms with van der Waals surface area (Å²) in [6.07, 6.45) is 4.30. The van der Waals surface area contributed by atoms with Gasteiger partial charge in [-0.15, -0.1) is 0 Å². The van der Waals surface area contributed by atoms with Gasteiger partial charge in [0.05, 0.1) is 5.69 Å². The predicted molar refractivity (Wildman–Crippen MR) is 83.6 cm³/mol. The number of nitrogens with two attached hydrogens (primary N) is 1. The zero-order chi connectivity index (χ0) is 13.2. The highest BCUT2D eigenvalue weighted by Gasteiger charge is 2.29. The van der Waals surface area contributed by atoms with Gasteiger partial charge in [0.15, 0.2) is 0 Å². The first-order valence-corrected chi connectivity index (χ1v) is 7.63.